The Balaban J connectivity index is 2.10. The summed E-state index contributed by atoms with van der Waals surface area (Å²) >= 11 is 0. The lowest BCUT2D eigenvalue weighted by molar-refractivity contribution is 0.0868. The first-order chi connectivity index (χ1) is 9.81. The van der Waals surface area contributed by atoms with E-state index in [4.69, 9.17) is 4.74 Å². The minimum atomic E-state index is -0.188. The maximum Gasteiger partial charge on any atom is 0.131 e. The van der Waals surface area contributed by atoms with Crippen LogP contribution in [0.1, 0.15) is 33.3 Å². The zero-order valence-electron chi connectivity index (χ0n) is 13.7. The van der Waals surface area contributed by atoms with Crippen molar-refractivity contribution in [3.05, 3.63) is 29.6 Å². The maximum absolute atomic E-state index is 14.1. The molecule has 0 amide bonds. The van der Waals surface area contributed by atoms with Crippen molar-refractivity contribution < 1.29 is 9.13 Å². The topological polar surface area (TPSA) is 24.5 Å². The third kappa shape index (κ3) is 3.95. The fourth-order valence-corrected chi connectivity index (χ4v) is 2.72. The van der Waals surface area contributed by atoms with E-state index in [0.29, 0.717) is 24.4 Å². The van der Waals surface area contributed by atoms with Gasteiger partial charge in [-0.1, -0.05) is 26.8 Å². The van der Waals surface area contributed by atoms with Gasteiger partial charge in [-0.2, -0.15) is 0 Å². The number of piperazine rings is 1. The fraction of sp³-hybridized carbons (Fsp3) is 0.647. The molecule has 1 aromatic rings. The summed E-state index contributed by atoms with van der Waals surface area (Å²) in [5, 5.41) is 3.60. The molecule has 21 heavy (non-hydrogen) atoms. The van der Waals surface area contributed by atoms with E-state index in [2.05, 4.69) is 37.9 Å². The van der Waals surface area contributed by atoms with Crippen LogP contribution in [-0.4, -0.2) is 37.2 Å². The summed E-state index contributed by atoms with van der Waals surface area (Å²) in [6, 6.07) is 5.95. The quantitative estimate of drug-likeness (QED) is 0.927. The summed E-state index contributed by atoms with van der Waals surface area (Å²) in [6.07, 6.45) is 0. The van der Waals surface area contributed by atoms with E-state index in [1.54, 1.807) is 7.11 Å². The summed E-state index contributed by atoms with van der Waals surface area (Å²) < 4.78 is 19.2. The fourth-order valence-electron chi connectivity index (χ4n) is 2.72. The molecule has 2 unspecified atom stereocenters. The molecule has 1 fully saturated rings. The van der Waals surface area contributed by atoms with Gasteiger partial charge in [0.15, 0.2) is 0 Å². The van der Waals surface area contributed by atoms with Crippen LogP contribution in [0.15, 0.2) is 18.2 Å². The van der Waals surface area contributed by atoms with Crippen LogP contribution < -0.4 is 10.1 Å². The van der Waals surface area contributed by atoms with Crippen molar-refractivity contribution in [2.45, 2.75) is 46.3 Å². The van der Waals surface area contributed by atoms with Gasteiger partial charge in [0.2, 0.25) is 0 Å². The van der Waals surface area contributed by atoms with Crippen molar-refractivity contribution in [3.8, 4) is 5.75 Å². The predicted molar refractivity (Wildman–Crippen MR) is 84.1 cm³/mol. The molecule has 0 bridgehead atoms. The highest BCUT2D eigenvalue weighted by Gasteiger charge is 2.32. The Bertz CT molecular complexity index is 484. The zero-order chi connectivity index (χ0) is 15.6. The molecule has 1 aliphatic rings. The van der Waals surface area contributed by atoms with Gasteiger partial charge in [0.05, 0.1) is 7.11 Å². The van der Waals surface area contributed by atoms with Gasteiger partial charge in [0, 0.05) is 43.3 Å². The summed E-state index contributed by atoms with van der Waals surface area (Å²) in [5.74, 6) is 0.379. The summed E-state index contributed by atoms with van der Waals surface area (Å²) in [6.45, 7) is 11.4. The van der Waals surface area contributed by atoms with Gasteiger partial charge in [-0.25, -0.2) is 4.39 Å². The molecule has 0 spiro atoms. The Hall–Kier alpha value is -1.13. The number of halogens is 1. The van der Waals surface area contributed by atoms with E-state index in [1.807, 2.05) is 12.1 Å². The first kappa shape index (κ1) is 16.2. The van der Waals surface area contributed by atoms with Gasteiger partial charge in [-0.15, -0.1) is 0 Å². The summed E-state index contributed by atoms with van der Waals surface area (Å²) in [4.78, 5) is 2.36. The molecule has 1 saturated heterocycles. The van der Waals surface area contributed by atoms with E-state index in [1.165, 1.54) is 6.07 Å². The average Bonchev–Trinajstić information content (AvgIpc) is 2.42. The van der Waals surface area contributed by atoms with Crippen molar-refractivity contribution >= 4 is 0 Å². The van der Waals surface area contributed by atoms with Crippen LogP contribution in [-0.2, 0) is 6.54 Å². The highest BCUT2D eigenvalue weighted by Crippen LogP contribution is 2.25. The normalized spacial score (nSPS) is 24.1. The molecule has 4 heteroatoms. The van der Waals surface area contributed by atoms with E-state index in [9.17, 15) is 4.39 Å². The molecule has 0 aliphatic carbocycles. The molecule has 0 aromatic heterocycles. The predicted octanol–water partition coefficient (Wildman–Crippen LogP) is 3.04. The lowest BCUT2D eigenvalue weighted by Crippen LogP contribution is -2.59. The zero-order valence-corrected chi connectivity index (χ0v) is 13.7. The largest absolute Gasteiger partial charge is 0.497 e. The number of hydrogen-bond donors (Lipinski definition) is 1. The molecule has 118 valence electrons. The van der Waals surface area contributed by atoms with E-state index < -0.39 is 0 Å². The van der Waals surface area contributed by atoms with Gasteiger partial charge in [-0.05, 0) is 18.4 Å². The molecule has 1 aromatic carbocycles. The summed E-state index contributed by atoms with van der Waals surface area (Å²) in [5.41, 5.74) is 0.939. The van der Waals surface area contributed by atoms with E-state index in [-0.39, 0.29) is 11.2 Å². The number of nitrogens with zero attached hydrogens (tertiary/aromatic N) is 1. The van der Waals surface area contributed by atoms with Crippen LogP contribution in [0.25, 0.3) is 0 Å². The Labute approximate surface area is 127 Å². The molecule has 2 atom stereocenters. The number of benzene rings is 1. The number of hydrogen-bond acceptors (Lipinski definition) is 3. The first-order valence-corrected chi connectivity index (χ1v) is 7.61. The SMILES string of the molecule is COc1ccc(CN2CC(C(C)(C)C)NCC2C)c(F)c1. The van der Waals surface area contributed by atoms with Crippen LogP contribution in [0.3, 0.4) is 0 Å². The Morgan fingerprint density at radius 3 is 2.67 bits per heavy atom. The van der Waals surface area contributed by atoms with Crippen LogP contribution in [0.4, 0.5) is 4.39 Å². The van der Waals surface area contributed by atoms with Gasteiger partial charge in [-0.3, -0.25) is 4.90 Å². The Kier molecular flexibility index (Phi) is 4.89. The smallest absolute Gasteiger partial charge is 0.131 e. The van der Waals surface area contributed by atoms with E-state index >= 15 is 0 Å². The lowest BCUT2D eigenvalue weighted by Gasteiger charge is -2.44. The number of nitrogens with one attached hydrogen (secondary N) is 1. The lowest BCUT2D eigenvalue weighted by atomic mass is 9.84. The molecular formula is C17H27FN2O. The standard InChI is InChI=1S/C17H27FN2O/c1-12-9-19-16(17(2,3)4)11-20(12)10-13-6-7-14(21-5)8-15(13)18/h6-8,12,16,19H,9-11H2,1-5H3. The molecule has 1 aliphatic heterocycles. The molecule has 1 heterocycles. The van der Waals surface area contributed by atoms with Crippen LogP contribution in [0.2, 0.25) is 0 Å². The van der Waals surface area contributed by atoms with Crippen LogP contribution in [0.5, 0.6) is 5.75 Å². The van der Waals surface area contributed by atoms with Gasteiger partial charge in [0.25, 0.3) is 0 Å². The number of rotatable bonds is 3. The minimum absolute atomic E-state index is 0.188. The van der Waals surface area contributed by atoms with Crippen molar-refractivity contribution in [3.63, 3.8) is 0 Å². The highest BCUT2D eigenvalue weighted by molar-refractivity contribution is 5.29. The Morgan fingerprint density at radius 2 is 2.10 bits per heavy atom. The molecule has 3 nitrogen and oxygen atoms in total. The van der Waals surface area contributed by atoms with Gasteiger partial charge >= 0.3 is 0 Å². The van der Waals surface area contributed by atoms with Crippen molar-refractivity contribution in [1.82, 2.24) is 10.2 Å². The third-order valence-corrected chi connectivity index (χ3v) is 4.38. The molecule has 0 radical (unpaired) electrons. The van der Waals surface area contributed by atoms with Gasteiger partial charge in [0.1, 0.15) is 11.6 Å². The van der Waals surface area contributed by atoms with Crippen molar-refractivity contribution in [2.75, 3.05) is 20.2 Å². The van der Waals surface area contributed by atoms with Crippen LogP contribution >= 0.6 is 0 Å². The number of ether oxygens (including phenoxy) is 1. The third-order valence-electron chi connectivity index (χ3n) is 4.38. The average molecular weight is 294 g/mol. The minimum Gasteiger partial charge on any atom is -0.497 e. The monoisotopic (exact) mass is 294 g/mol. The van der Waals surface area contributed by atoms with Crippen LogP contribution in [0, 0.1) is 11.2 Å². The molecular weight excluding hydrogens is 267 g/mol. The second-order valence-corrected chi connectivity index (χ2v) is 7.06. The summed E-state index contributed by atoms with van der Waals surface area (Å²) in [7, 11) is 1.56. The molecule has 0 saturated carbocycles. The Morgan fingerprint density at radius 1 is 1.38 bits per heavy atom. The van der Waals surface area contributed by atoms with E-state index in [0.717, 1.165) is 18.7 Å². The number of methoxy groups -OCH3 is 1. The van der Waals surface area contributed by atoms with Crippen molar-refractivity contribution in [2.24, 2.45) is 5.41 Å². The second-order valence-electron chi connectivity index (χ2n) is 7.06. The maximum atomic E-state index is 14.1. The first-order valence-electron chi connectivity index (χ1n) is 7.61. The molecule has 2 rings (SSSR count). The second kappa shape index (κ2) is 6.32. The highest BCUT2D eigenvalue weighted by atomic mass is 19.1. The van der Waals surface area contributed by atoms with Crippen molar-refractivity contribution in [1.29, 1.82) is 0 Å². The molecule has 1 N–H and O–H groups in total. The van der Waals surface area contributed by atoms with Gasteiger partial charge < -0.3 is 10.1 Å².